The molecule has 7 heteroatoms. The van der Waals surface area contributed by atoms with Crippen molar-refractivity contribution >= 4 is 23.5 Å². The van der Waals surface area contributed by atoms with Crippen molar-refractivity contribution in [2.24, 2.45) is 5.92 Å². The molecule has 2 heterocycles. The van der Waals surface area contributed by atoms with Gasteiger partial charge >= 0.3 is 5.97 Å². The van der Waals surface area contributed by atoms with Crippen LogP contribution in [0.15, 0.2) is 42.5 Å². The van der Waals surface area contributed by atoms with Crippen LogP contribution in [0.5, 0.6) is 5.75 Å². The predicted molar refractivity (Wildman–Crippen MR) is 106 cm³/mol. The first kappa shape index (κ1) is 19.7. The Labute approximate surface area is 174 Å². The first-order valence-electron chi connectivity index (χ1n) is 9.56. The van der Waals surface area contributed by atoms with Crippen LogP contribution in [0.2, 0.25) is 5.02 Å². The fraction of sp³-hybridized carbons (Fsp3) is 0.364. The second kappa shape index (κ2) is 8.43. The number of likely N-dealkylation sites (tertiary alicyclic amines) is 1. The minimum absolute atomic E-state index is 0.0380. The van der Waals surface area contributed by atoms with E-state index in [1.54, 1.807) is 17.0 Å². The summed E-state index contributed by atoms with van der Waals surface area (Å²) >= 11 is 6.15. The number of carbonyl (C=O) groups excluding carboxylic acids is 2. The van der Waals surface area contributed by atoms with E-state index in [-0.39, 0.29) is 37.7 Å². The number of benzene rings is 2. The minimum Gasteiger partial charge on any atom is -0.467 e. The van der Waals surface area contributed by atoms with Crippen molar-refractivity contribution in [2.75, 3.05) is 13.3 Å². The van der Waals surface area contributed by atoms with Crippen LogP contribution in [0.25, 0.3) is 0 Å². The molecule has 2 aromatic rings. The van der Waals surface area contributed by atoms with Crippen LogP contribution in [0, 0.1) is 5.92 Å². The molecule has 2 aliphatic heterocycles. The Bertz CT molecular complexity index is 917. The van der Waals surface area contributed by atoms with Gasteiger partial charge in [-0.05, 0) is 24.6 Å². The zero-order valence-corrected chi connectivity index (χ0v) is 16.9. The summed E-state index contributed by atoms with van der Waals surface area (Å²) in [6, 6.07) is 13.2. The summed E-state index contributed by atoms with van der Waals surface area (Å²) in [6.07, 6.45) is 0.161. The van der Waals surface area contributed by atoms with Gasteiger partial charge in [0.15, 0.2) is 6.79 Å². The number of amides is 1. The van der Waals surface area contributed by atoms with Gasteiger partial charge in [0.1, 0.15) is 12.4 Å². The molecule has 1 amide bonds. The molecule has 0 N–H and O–H groups in total. The Balaban J connectivity index is 1.40. The van der Waals surface area contributed by atoms with Crippen LogP contribution in [0.4, 0.5) is 0 Å². The lowest BCUT2D eigenvalue weighted by Gasteiger charge is -2.25. The van der Waals surface area contributed by atoms with Crippen molar-refractivity contribution in [1.29, 1.82) is 0 Å². The molecule has 0 aliphatic carbocycles. The molecule has 2 aliphatic rings. The number of hydrogen-bond acceptors (Lipinski definition) is 5. The monoisotopic (exact) mass is 415 g/mol. The molecule has 0 saturated carbocycles. The first-order valence-corrected chi connectivity index (χ1v) is 9.93. The van der Waals surface area contributed by atoms with Crippen LogP contribution in [-0.4, -0.2) is 30.1 Å². The average molecular weight is 416 g/mol. The summed E-state index contributed by atoms with van der Waals surface area (Å²) < 4.78 is 16.3. The van der Waals surface area contributed by atoms with Crippen molar-refractivity contribution in [1.82, 2.24) is 4.90 Å². The van der Waals surface area contributed by atoms with Gasteiger partial charge in [-0.25, -0.2) is 0 Å². The number of rotatable bonds is 5. The van der Waals surface area contributed by atoms with E-state index >= 15 is 0 Å². The van der Waals surface area contributed by atoms with Gasteiger partial charge in [0, 0.05) is 29.1 Å². The minimum atomic E-state index is -0.479. The lowest BCUT2D eigenvalue weighted by atomic mass is 10.1. The highest BCUT2D eigenvalue weighted by atomic mass is 35.5. The van der Waals surface area contributed by atoms with Crippen LogP contribution in [-0.2, 0) is 32.3 Å². The summed E-state index contributed by atoms with van der Waals surface area (Å²) in [5, 5.41) is 0.530. The lowest BCUT2D eigenvalue weighted by Crippen LogP contribution is -2.29. The van der Waals surface area contributed by atoms with Crippen molar-refractivity contribution < 1.29 is 23.8 Å². The molecular formula is C22H22ClNO5. The van der Waals surface area contributed by atoms with Gasteiger partial charge in [-0.1, -0.05) is 41.9 Å². The van der Waals surface area contributed by atoms with Gasteiger partial charge in [-0.3, -0.25) is 9.59 Å². The standard InChI is InChI=1S/C22H22ClNO5/c1-14(15-5-3-2-4-6-15)24-10-16(9-20(24)25)22(26)28-12-18-8-19(23)7-17-11-27-13-29-21(17)18/h2-8,14,16H,9-13H2,1H3/t14-,16+/m1/s1. The van der Waals surface area contributed by atoms with Gasteiger partial charge in [-0.15, -0.1) is 0 Å². The fourth-order valence-corrected chi connectivity index (χ4v) is 4.07. The maximum atomic E-state index is 12.6. The van der Waals surface area contributed by atoms with Gasteiger partial charge in [-0.2, -0.15) is 0 Å². The quantitative estimate of drug-likeness (QED) is 0.694. The Morgan fingerprint density at radius 1 is 1.31 bits per heavy atom. The summed E-state index contributed by atoms with van der Waals surface area (Å²) in [5.74, 6) is -0.256. The molecule has 0 bridgehead atoms. The molecular weight excluding hydrogens is 394 g/mol. The van der Waals surface area contributed by atoms with E-state index in [1.807, 2.05) is 37.3 Å². The van der Waals surface area contributed by atoms with Crippen molar-refractivity contribution in [2.45, 2.75) is 32.6 Å². The highest BCUT2D eigenvalue weighted by Gasteiger charge is 2.38. The van der Waals surface area contributed by atoms with E-state index in [0.29, 0.717) is 29.5 Å². The lowest BCUT2D eigenvalue weighted by molar-refractivity contribution is -0.149. The molecule has 1 saturated heterocycles. The largest absolute Gasteiger partial charge is 0.467 e. The third kappa shape index (κ3) is 4.23. The van der Waals surface area contributed by atoms with Crippen molar-refractivity contribution in [3.8, 4) is 5.75 Å². The maximum Gasteiger partial charge on any atom is 0.311 e. The van der Waals surface area contributed by atoms with Gasteiger partial charge < -0.3 is 19.1 Å². The molecule has 0 unspecified atom stereocenters. The first-order chi connectivity index (χ1) is 14.0. The van der Waals surface area contributed by atoms with Crippen molar-refractivity contribution in [3.05, 3.63) is 64.2 Å². The molecule has 6 nitrogen and oxygen atoms in total. The molecule has 1 fully saturated rings. The fourth-order valence-electron chi connectivity index (χ4n) is 3.81. The topological polar surface area (TPSA) is 65.1 Å². The van der Waals surface area contributed by atoms with E-state index in [0.717, 1.165) is 11.1 Å². The normalized spacial score (nSPS) is 19.4. The van der Waals surface area contributed by atoms with E-state index in [9.17, 15) is 9.59 Å². The van der Waals surface area contributed by atoms with Crippen LogP contribution < -0.4 is 4.74 Å². The molecule has 0 radical (unpaired) electrons. The van der Waals surface area contributed by atoms with E-state index in [2.05, 4.69) is 0 Å². The van der Waals surface area contributed by atoms with Crippen LogP contribution >= 0.6 is 11.6 Å². The second-order valence-corrected chi connectivity index (χ2v) is 7.74. The zero-order valence-electron chi connectivity index (χ0n) is 16.1. The smallest absolute Gasteiger partial charge is 0.311 e. The molecule has 29 heavy (non-hydrogen) atoms. The molecule has 0 spiro atoms. The molecule has 2 atom stereocenters. The Kier molecular flexibility index (Phi) is 5.74. The molecule has 4 rings (SSSR count). The Morgan fingerprint density at radius 3 is 2.90 bits per heavy atom. The van der Waals surface area contributed by atoms with Gasteiger partial charge in [0.2, 0.25) is 5.91 Å². The number of ether oxygens (including phenoxy) is 3. The van der Waals surface area contributed by atoms with E-state index in [4.69, 9.17) is 25.8 Å². The highest BCUT2D eigenvalue weighted by molar-refractivity contribution is 6.30. The third-order valence-corrected chi connectivity index (χ3v) is 5.58. The van der Waals surface area contributed by atoms with Gasteiger partial charge in [0.05, 0.1) is 18.6 Å². The Hall–Kier alpha value is -2.57. The average Bonchev–Trinajstić information content (AvgIpc) is 3.13. The van der Waals surface area contributed by atoms with Gasteiger partial charge in [0.25, 0.3) is 0 Å². The maximum absolute atomic E-state index is 12.6. The van der Waals surface area contributed by atoms with Crippen LogP contribution in [0.1, 0.15) is 36.1 Å². The molecule has 152 valence electrons. The number of fused-ring (bicyclic) bond motifs is 1. The number of esters is 1. The van der Waals surface area contributed by atoms with E-state index in [1.165, 1.54) is 0 Å². The molecule has 0 aromatic heterocycles. The number of carbonyl (C=O) groups is 2. The second-order valence-electron chi connectivity index (χ2n) is 7.31. The Morgan fingerprint density at radius 2 is 2.10 bits per heavy atom. The summed E-state index contributed by atoms with van der Waals surface area (Å²) in [7, 11) is 0. The molecule has 2 aromatic carbocycles. The highest BCUT2D eigenvalue weighted by Crippen LogP contribution is 2.33. The zero-order chi connectivity index (χ0) is 20.4. The summed E-state index contributed by atoms with van der Waals surface area (Å²) in [6.45, 7) is 2.92. The summed E-state index contributed by atoms with van der Waals surface area (Å²) in [4.78, 5) is 26.8. The predicted octanol–water partition coefficient (Wildman–Crippen LogP) is 3.86. The van der Waals surface area contributed by atoms with E-state index < -0.39 is 5.92 Å². The van der Waals surface area contributed by atoms with Crippen LogP contribution in [0.3, 0.4) is 0 Å². The number of halogens is 1. The van der Waals surface area contributed by atoms with Crippen molar-refractivity contribution in [3.63, 3.8) is 0 Å². The summed E-state index contributed by atoms with van der Waals surface area (Å²) in [5.41, 5.74) is 2.57. The number of hydrogen-bond donors (Lipinski definition) is 0. The number of nitrogens with zero attached hydrogens (tertiary/aromatic N) is 1. The SMILES string of the molecule is C[C@H](c1ccccc1)N1C[C@@H](C(=O)OCc2cc(Cl)cc3c2OCOC3)CC1=O. The third-order valence-electron chi connectivity index (χ3n) is 5.36.